The van der Waals surface area contributed by atoms with E-state index >= 15 is 0 Å². The number of amidine groups is 1. The second kappa shape index (κ2) is 4.49. The van der Waals surface area contributed by atoms with Crippen LogP contribution in [0.4, 0.5) is 0 Å². The first-order valence-corrected chi connectivity index (χ1v) is 4.86. The number of H-pyrrole nitrogens is 1. The highest BCUT2D eigenvalue weighted by atomic mass is 32.1. The molecule has 2 N–H and O–H groups in total. The molecular formula is C7H11N5O2S. The molecule has 1 aromatic rings. The maximum Gasteiger partial charge on any atom is 0.297 e. The van der Waals surface area contributed by atoms with Gasteiger partial charge in [0, 0.05) is 13.1 Å². The van der Waals surface area contributed by atoms with Gasteiger partial charge in [0.25, 0.3) is 5.89 Å². The largest absolute Gasteiger partial charge is 0.378 e. The summed E-state index contributed by atoms with van der Waals surface area (Å²) in [6, 6.07) is 0. The standard InChI is InChI=1S/C7H11N5O2S/c8-6(12-1-3-13-4-2-12)5(10-15)7-9-11-14-7/h8,11,15H,1-4H2/b8-6?,10-5+. The number of aromatic nitrogens is 2. The first kappa shape index (κ1) is 10.2. The van der Waals surface area contributed by atoms with E-state index in [4.69, 9.17) is 14.7 Å². The molecule has 1 aliphatic heterocycles. The molecule has 0 unspecified atom stereocenters. The summed E-state index contributed by atoms with van der Waals surface area (Å²) in [5.41, 5.74) is 0.332. The highest BCUT2D eigenvalue weighted by molar-refractivity contribution is 7.79. The van der Waals surface area contributed by atoms with Crippen LogP contribution in [-0.4, -0.2) is 53.1 Å². The van der Waals surface area contributed by atoms with E-state index in [-0.39, 0.29) is 5.84 Å². The molecule has 1 saturated heterocycles. The van der Waals surface area contributed by atoms with Crippen molar-refractivity contribution in [1.82, 2.24) is 15.3 Å². The van der Waals surface area contributed by atoms with E-state index in [1.165, 1.54) is 0 Å². The van der Waals surface area contributed by atoms with Crippen LogP contribution >= 0.6 is 12.8 Å². The van der Waals surface area contributed by atoms with Gasteiger partial charge in [0.2, 0.25) is 0 Å². The highest BCUT2D eigenvalue weighted by Gasteiger charge is 2.23. The van der Waals surface area contributed by atoms with Gasteiger partial charge in [-0.25, -0.2) is 4.40 Å². The van der Waals surface area contributed by atoms with Gasteiger partial charge < -0.3 is 14.2 Å². The molecule has 7 nitrogen and oxygen atoms in total. The van der Waals surface area contributed by atoms with Gasteiger partial charge in [0.05, 0.1) is 13.2 Å². The van der Waals surface area contributed by atoms with Crippen LogP contribution < -0.4 is 0 Å². The van der Waals surface area contributed by atoms with Crippen LogP contribution in [0, 0.1) is 5.41 Å². The third-order valence-electron chi connectivity index (χ3n) is 2.14. The normalized spacial score (nSPS) is 18.2. The highest BCUT2D eigenvalue weighted by Crippen LogP contribution is 2.05. The molecule has 0 saturated carbocycles. The quantitative estimate of drug-likeness (QED) is 0.376. The second-order valence-electron chi connectivity index (χ2n) is 3.01. The van der Waals surface area contributed by atoms with E-state index in [0.29, 0.717) is 37.9 Å². The summed E-state index contributed by atoms with van der Waals surface area (Å²) in [4.78, 5) is 1.85. The summed E-state index contributed by atoms with van der Waals surface area (Å²) >= 11 is 3.80. The van der Waals surface area contributed by atoms with E-state index in [1.807, 2.05) is 4.90 Å². The van der Waals surface area contributed by atoms with Crippen molar-refractivity contribution in [2.45, 2.75) is 0 Å². The minimum Gasteiger partial charge on any atom is -0.378 e. The Balaban J connectivity index is 2.07. The van der Waals surface area contributed by atoms with Crippen molar-refractivity contribution in [2.75, 3.05) is 26.3 Å². The number of nitrogens with zero attached hydrogens (tertiary/aromatic N) is 3. The Kier molecular flexibility index (Phi) is 3.07. The lowest BCUT2D eigenvalue weighted by Crippen LogP contribution is -2.44. The number of hydrogen-bond acceptors (Lipinski definition) is 6. The van der Waals surface area contributed by atoms with Crippen LogP contribution in [0.2, 0.25) is 0 Å². The number of rotatable bonds is 2. The molecule has 1 aliphatic rings. The molecule has 1 aromatic heterocycles. The van der Waals surface area contributed by atoms with Gasteiger partial charge in [0.1, 0.15) is 0 Å². The molecule has 2 heterocycles. The molecule has 0 amide bonds. The fourth-order valence-corrected chi connectivity index (χ4v) is 1.50. The molecule has 1 fully saturated rings. The van der Waals surface area contributed by atoms with E-state index < -0.39 is 0 Å². The van der Waals surface area contributed by atoms with Gasteiger partial charge in [-0.2, -0.15) is 0 Å². The summed E-state index contributed by atoms with van der Waals surface area (Å²) in [6.07, 6.45) is 0. The maximum absolute atomic E-state index is 7.91. The molecule has 0 aromatic carbocycles. The zero-order valence-electron chi connectivity index (χ0n) is 7.93. The molecule has 0 bridgehead atoms. The number of morpholine rings is 1. The monoisotopic (exact) mass is 229 g/mol. The number of hydrogen-bond donors (Lipinski definition) is 3. The molecule has 0 atom stereocenters. The zero-order valence-corrected chi connectivity index (χ0v) is 8.83. The van der Waals surface area contributed by atoms with Crippen molar-refractivity contribution in [3.8, 4) is 0 Å². The Morgan fingerprint density at radius 2 is 2.20 bits per heavy atom. The third-order valence-corrected chi connectivity index (χ3v) is 2.34. The fraction of sp³-hybridized carbons (Fsp3) is 0.571. The van der Waals surface area contributed by atoms with Gasteiger partial charge in [-0.1, -0.05) is 0 Å². The number of thiol groups is 1. The third kappa shape index (κ3) is 2.05. The summed E-state index contributed by atoms with van der Waals surface area (Å²) in [5.74, 6) is 0.551. The Morgan fingerprint density at radius 1 is 1.53 bits per heavy atom. The van der Waals surface area contributed by atoms with Crippen LogP contribution in [0.15, 0.2) is 8.92 Å². The van der Waals surface area contributed by atoms with Gasteiger partial charge in [-0.3, -0.25) is 5.41 Å². The first-order valence-electron chi connectivity index (χ1n) is 4.46. The molecule has 0 aliphatic carbocycles. The SMILES string of the molecule is N=C(/C(=N\S)c1n[nH]o1)N1CCOCC1. The van der Waals surface area contributed by atoms with E-state index in [1.54, 1.807) is 0 Å². The average molecular weight is 229 g/mol. The number of ether oxygens (including phenoxy) is 1. The van der Waals surface area contributed by atoms with Crippen LogP contribution in [0.25, 0.3) is 0 Å². The van der Waals surface area contributed by atoms with Crippen molar-refractivity contribution in [2.24, 2.45) is 4.40 Å². The van der Waals surface area contributed by atoms with Crippen LogP contribution in [-0.2, 0) is 4.74 Å². The molecule has 8 heteroatoms. The number of nitrogens with one attached hydrogen (secondary N) is 2. The van der Waals surface area contributed by atoms with Crippen LogP contribution in [0.5, 0.6) is 0 Å². The number of aromatic amines is 1. The predicted octanol–water partition coefficient (Wildman–Crippen LogP) is -0.0539. The molecule has 2 rings (SSSR count). The predicted molar refractivity (Wildman–Crippen MR) is 56.5 cm³/mol. The minimum absolute atomic E-state index is 0.258. The smallest absolute Gasteiger partial charge is 0.297 e. The Bertz CT molecular complexity index is 356. The minimum atomic E-state index is 0.258. The lowest BCUT2D eigenvalue weighted by Gasteiger charge is -2.28. The molecule has 0 radical (unpaired) electrons. The lowest BCUT2D eigenvalue weighted by molar-refractivity contribution is 0.0685. The van der Waals surface area contributed by atoms with Crippen molar-refractivity contribution in [3.63, 3.8) is 0 Å². The lowest BCUT2D eigenvalue weighted by atomic mass is 10.3. The van der Waals surface area contributed by atoms with Crippen molar-refractivity contribution < 1.29 is 9.26 Å². The van der Waals surface area contributed by atoms with E-state index in [9.17, 15) is 0 Å². The van der Waals surface area contributed by atoms with E-state index in [0.717, 1.165) is 0 Å². The van der Waals surface area contributed by atoms with E-state index in [2.05, 4.69) is 27.6 Å². The van der Waals surface area contributed by atoms with Crippen LogP contribution in [0.1, 0.15) is 5.89 Å². The van der Waals surface area contributed by atoms with Gasteiger partial charge >= 0.3 is 0 Å². The summed E-state index contributed by atoms with van der Waals surface area (Å²) < 4.78 is 13.7. The Hall–Kier alpha value is -1.28. The average Bonchev–Trinajstić information content (AvgIpc) is 2.23. The molecule has 15 heavy (non-hydrogen) atoms. The van der Waals surface area contributed by atoms with Gasteiger partial charge in [0.15, 0.2) is 11.5 Å². The topological polar surface area (TPSA) is 90.5 Å². The molecule has 0 spiro atoms. The Labute approximate surface area is 91.5 Å². The van der Waals surface area contributed by atoms with Crippen molar-refractivity contribution in [3.05, 3.63) is 5.89 Å². The first-order chi connectivity index (χ1) is 7.33. The summed E-state index contributed by atoms with van der Waals surface area (Å²) in [7, 11) is 0. The summed E-state index contributed by atoms with van der Waals surface area (Å²) in [6.45, 7) is 2.58. The van der Waals surface area contributed by atoms with Gasteiger partial charge in [-0.05, 0) is 12.8 Å². The van der Waals surface area contributed by atoms with Crippen LogP contribution in [0.3, 0.4) is 0 Å². The summed E-state index contributed by atoms with van der Waals surface area (Å²) in [5, 5.41) is 13.9. The van der Waals surface area contributed by atoms with Crippen molar-refractivity contribution in [1.29, 1.82) is 5.41 Å². The Morgan fingerprint density at radius 3 is 2.67 bits per heavy atom. The molecule has 82 valence electrons. The maximum atomic E-state index is 7.91. The van der Waals surface area contributed by atoms with Crippen molar-refractivity contribution >= 4 is 24.4 Å². The fourth-order valence-electron chi connectivity index (χ4n) is 1.32. The molecular weight excluding hydrogens is 218 g/mol. The van der Waals surface area contributed by atoms with Gasteiger partial charge in [-0.15, -0.1) is 10.4 Å². The second-order valence-corrected chi connectivity index (χ2v) is 3.21. The zero-order chi connectivity index (χ0) is 10.7.